The van der Waals surface area contributed by atoms with Crippen molar-refractivity contribution < 1.29 is 27.5 Å². The van der Waals surface area contributed by atoms with E-state index in [1.165, 1.54) is 23.6 Å². The van der Waals surface area contributed by atoms with Gasteiger partial charge in [0, 0.05) is 35.6 Å². The first-order valence-corrected chi connectivity index (χ1v) is 17.9. The molecule has 250 valence electrons. The molecule has 0 radical (unpaired) electrons. The quantitative estimate of drug-likeness (QED) is 0.243. The van der Waals surface area contributed by atoms with Gasteiger partial charge < -0.3 is 19.2 Å². The van der Waals surface area contributed by atoms with Crippen LogP contribution in [0.1, 0.15) is 59.5 Å². The van der Waals surface area contributed by atoms with Crippen molar-refractivity contribution >= 4 is 33.4 Å². The summed E-state index contributed by atoms with van der Waals surface area (Å²) in [4.78, 5) is 19.9. The second-order valence-electron chi connectivity index (χ2n) is 12.8. The number of aliphatic hydroxyl groups is 1. The minimum absolute atomic E-state index is 0.0915. The first-order valence-electron chi connectivity index (χ1n) is 16.1. The molecule has 4 atom stereocenters. The van der Waals surface area contributed by atoms with E-state index in [1.807, 2.05) is 12.1 Å². The summed E-state index contributed by atoms with van der Waals surface area (Å²) in [6.07, 6.45) is 10.5. The standard InChI is InChI=1S/C35H41ClN4O6S/c1-3-5-16-40(21-33-37-15-17-45-33)47(43,44)38-34(42)25-9-13-32-30(19-25)39(20-26-8-11-28(26)31(41)4-2)22-35(23-46-32)14-6-7-24-18-27(36)10-12-29(24)35/h3-4,9-10,12-13,15,17-19,26,28,31,41H,1-2,5-8,11,14,16,20-23H2,(H,38,42)/t26-,28+,31?,35-/m0/s1. The fourth-order valence-corrected chi connectivity index (χ4v) is 8.53. The average molecular weight is 681 g/mol. The van der Waals surface area contributed by atoms with Crippen LogP contribution in [0.3, 0.4) is 0 Å². The smallest absolute Gasteiger partial charge is 0.304 e. The van der Waals surface area contributed by atoms with E-state index in [0.29, 0.717) is 36.9 Å². The van der Waals surface area contributed by atoms with Crippen LogP contribution in [-0.4, -0.2) is 61.1 Å². The molecule has 0 bridgehead atoms. The summed E-state index contributed by atoms with van der Waals surface area (Å²) in [5.74, 6) is 0.380. The maximum absolute atomic E-state index is 13.6. The molecule has 2 heterocycles. The monoisotopic (exact) mass is 680 g/mol. The maximum atomic E-state index is 13.6. The molecule has 2 aliphatic carbocycles. The lowest BCUT2D eigenvalue weighted by Crippen LogP contribution is -2.49. The third-order valence-electron chi connectivity index (χ3n) is 9.85. The Bertz CT molecular complexity index is 1730. The van der Waals surface area contributed by atoms with Crippen LogP contribution < -0.4 is 14.4 Å². The van der Waals surface area contributed by atoms with Crippen molar-refractivity contribution in [3.8, 4) is 5.75 Å². The zero-order valence-electron chi connectivity index (χ0n) is 26.3. The number of oxazole rings is 1. The Balaban J connectivity index is 1.31. The number of rotatable bonds is 12. The maximum Gasteiger partial charge on any atom is 0.304 e. The van der Waals surface area contributed by atoms with Crippen LogP contribution in [0.25, 0.3) is 0 Å². The van der Waals surface area contributed by atoms with Gasteiger partial charge >= 0.3 is 10.2 Å². The molecule has 0 saturated heterocycles. The van der Waals surface area contributed by atoms with Gasteiger partial charge in [0.2, 0.25) is 5.89 Å². The lowest BCUT2D eigenvalue weighted by atomic mass is 9.68. The molecule has 10 nitrogen and oxygen atoms in total. The summed E-state index contributed by atoms with van der Waals surface area (Å²) in [5.41, 5.74) is 3.03. The van der Waals surface area contributed by atoms with Crippen molar-refractivity contribution in [1.82, 2.24) is 14.0 Å². The SMILES string of the molecule is C=CCCN(Cc1ncco1)S(=O)(=O)NC(=O)c1ccc2c(c1)N(C[C@@H]1CC[C@H]1C(O)C=C)C[C@@]1(CCCc3cc(Cl)ccc31)CO2. The first kappa shape index (κ1) is 33.3. The van der Waals surface area contributed by atoms with Gasteiger partial charge in [-0.15, -0.1) is 13.2 Å². The van der Waals surface area contributed by atoms with E-state index in [4.69, 9.17) is 20.8 Å². The van der Waals surface area contributed by atoms with Gasteiger partial charge in [-0.1, -0.05) is 29.8 Å². The molecule has 2 N–H and O–H groups in total. The Kier molecular flexibility index (Phi) is 9.80. The molecule has 1 spiro atoms. The second-order valence-corrected chi connectivity index (χ2v) is 14.9. The van der Waals surface area contributed by atoms with E-state index in [1.54, 1.807) is 30.4 Å². The van der Waals surface area contributed by atoms with Crippen molar-refractivity contribution in [2.45, 2.75) is 56.6 Å². The number of anilines is 1. The number of aromatic nitrogens is 1. The minimum Gasteiger partial charge on any atom is -0.490 e. The number of benzene rings is 2. The Labute approximate surface area is 281 Å². The van der Waals surface area contributed by atoms with E-state index < -0.39 is 22.2 Å². The molecular weight excluding hydrogens is 640 g/mol. The zero-order chi connectivity index (χ0) is 33.2. The van der Waals surface area contributed by atoms with Gasteiger partial charge in [-0.3, -0.25) is 4.79 Å². The Hall–Kier alpha value is -3.64. The molecule has 1 aromatic heterocycles. The topological polar surface area (TPSA) is 125 Å². The highest BCUT2D eigenvalue weighted by molar-refractivity contribution is 7.87. The average Bonchev–Trinajstić information content (AvgIpc) is 3.51. The Morgan fingerprint density at radius 3 is 2.83 bits per heavy atom. The number of nitrogens with one attached hydrogen (secondary N) is 1. The predicted molar refractivity (Wildman–Crippen MR) is 181 cm³/mol. The minimum atomic E-state index is -4.26. The van der Waals surface area contributed by atoms with Crippen LogP contribution in [0, 0.1) is 11.8 Å². The number of halogens is 1. The molecule has 1 amide bonds. The normalized spacial score (nSPS) is 22.7. The molecule has 1 fully saturated rings. The molecule has 12 heteroatoms. The van der Waals surface area contributed by atoms with Crippen LogP contribution in [0.5, 0.6) is 5.75 Å². The summed E-state index contributed by atoms with van der Waals surface area (Å²) >= 11 is 6.40. The van der Waals surface area contributed by atoms with E-state index in [9.17, 15) is 18.3 Å². The van der Waals surface area contributed by atoms with Gasteiger partial charge in [0.05, 0.1) is 31.1 Å². The first-order chi connectivity index (χ1) is 22.6. The summed E-state index contributed by atoms with van der Waals surface area (Å²) in [7, 11) is -4.26. The van der Waals surface area contributed by atoms with E-state index in [2.05, 4.69) is 33.8 Å². The lowest BCUT2D eigenvalue weighted by molar-refractivity contribution is 0.0460. The third-order valence-corrected chi connectivity index (χ3v) is 11.5. The molecule has 3 aromatic rings. The zero-order valence-corrected chi connectivity index (χ0v) is 27.9. The van der Waals surface area contributed by atoms with Crippen LogP contribution in [0.15, 0.2) is 78.6 Å². The summed E-state index contributed by atoms with van der Waals surface area (Å²) in [6.45, 7) is 9.17. The second kappa shape index (κ2) is 13.8. The number of nitrogens with zero attached hydrogens (tertiary/aromatic N) is 3. The van der Waals surface area contributed by atoms with Crippen molar-refractivity contribution in [3.05, 3.63) is 102 Å². The van der Waals surface area contributed by atoms with Crippen LogP contribution in [0.4, 0.5) is 5.69 Å². The van der Waals surface area contributed by atoms with Crippen molar-refractivity contribution in [2.75, 3.05) is 31.1 Å². The number of carbonyl (C=O) groups is 1. The number of hydrogen-bond acceptors (Lipinski definition) is 8. The number of fused-ring (bicyclic) bond motifs is 3. The number of amides is 1. The number of aryl methyl sites for hydroxylation is 1. The third kappa shape index (κ3) is 6.99. The van der Waals surface area contributed by atoms with Gasteiger partial charge in [-0.2, -0.15) is 12.7 Å². The number of ether oxygens (including phenoxy) is 1. The summed E-state index contributed by atoms with van der Waals surface area (Å²) in [6, 6.07) is 11.1. The van der Waals surface area contributed by atoms with Crippen molar-refractivity contribution in [1.29, 1.82) is 0 Å². The van der Waals surface area contributed by atoms with E-state index >= 15 is 0 Å². The van der Waals surface area contributed by atoms with Crippen LogP contribution in [0.2, 0.25) is 5.02 Å². The van der Waals surface area contributed by atoms with Crippen molar-refractivity contribution in [3.63, 3.8) is 0 Å². The van der Waals surface area contributed by atoms with Crippen LogP contribution in [-0.2, 0) is 28.6 Å². The predicted octanol–water partition coefficient (Wildman–Crippen LogP) is 5.43. The molecule has 2 aromatic carbocycles. The molecular formula is C35H41ClN4O6S. The van der Waals surface area contributed by atoms with Gasteiger partial charge in [0.1, 0.15) is 12.0 Å². The number of hydrogen-bond donors (Lipinski definition) is 2. The highest BCUT2D eigenvalue weighted by atomic mass is 35.5. The van der Waals surface area contributed by atoms with Crippen molar-refractivity contribution in [2.24, 2.45) is 11.8 Å². The Morgan fingerprint density at radius 1 is 1.26 bits per heavy atom. The van der Waals surface area contributed by atoms with Crippen LogP contribution >= 0.6 is 11.6 Å². The summed E-state index contributed by atoms with van der Waals surface area (Å²) < 4.78 is 42.0. The molecule has 6 rings (SSSR count). The van der Waals surface area contributed by atoms with Gasteiger partial charge in [-0.25, -0.2) is 9.71 Å². The van der Waals surface area contributed by atoms with Gasteiger partial charge in [-0.05, 0) is 91.8 Å². The number of carbonyl (C=O) groups excluding carboxylic acids is 1. The largest absolute Gasteiger partial charge is 0.490 e. The molecule has 1 aliphatic heterocycles. The number of aliphatic hydroxyl groups excluding tert-OH is 1. The fraction of sp³-hybridized carbons (Fsp3) is 0.429. The molecule has 3 aliphatic rings. The van der Waals surface area contributed by atoms with E-state index in [0.717, 1.165) is 42.1 Å². The highest BCUT2D eigenvalue weighted by Crippen LogP contribution is 2.46. The summed E-state index contributed by atoms with van der Waals surface area (Å²) in [5, 5.41) is 11.3. The van der Waals surface area contributed by atoms with E-state index in [-0.39, 0.29) is 41.8 Å². The van der Waals surface area contributed by atoms with Gasteiger partial charge in [0.15, 0.2) is 0 Å². The Morgan fingerprint density at radius 2 is 2.11 bits per heavy atom. The molecule has 1 saturated carbocycles. The lowest BCUT2D eigenvalue weighted by Gasteiger charge is -2.45. The highest BCUT2D eigenvalue weighted by Gasteiger charge is 2.44. The fourth-order valence-electron chi connectivity index (χ4n) is 7.23. The molecule has 1 unspecified atom stereocenters. The van der Waals surface area contributed by atoms with Gasteiger partial charge in [0.25, 0.3) is 5.91 Å². The molecule has 47 heavy (non-hydrogen) atoms.